The second-order valence-corrected chi connectivity index (χ2v) is 8.49. The summed E-state index contributed by atoms with van der Waals surface area (Å²) in [5.74, 6) is -0.219. The number of aromatic nitrogens is 4. The van der Waals surface area contributed by atoms with Crippen LogP contribution >= 0.6 is 22.9 Å². The largest absolute Gasteiger partial charge is 0.479 e. The highest BCUT2D eigenvalue weighted by Gasteiger charge is 2.16. The Kier molecular flexibility index (Phi) is 6.29. The molecule has 0 aliphatic rings. The van der Waals surface area contributed by atoms with Gasteiger partial charge in [-0.2, -0.15) is 9.55 Å². The van der Waals surface area contributed by atoms with Crippen molar-refractivity contribution in [2.24, 2.45) is 0 Å². The number of thiophene rings is 1. The van der Waals surface area contributed by atoms with Crippen LogP contribution < -0.4 is 31.9 Å². The van der Waals surface area contributed by atoms with Gasteiger partial charge in [0.1, 0.15) is 5.69 Å². The molecule has 0 spiro atoms. The van der Waals surface area contributed by atoms with Crippen LogP contribution in [-0.2, 0) is 6.54 Å². The predicted molar refractivity (Wildman–Crippen MR) is 127 cm³/mol. The Morgan fingerprint density at radius 2 is 2.09 bits per heavy atom. The number of H-pyrrole nitrogens is 1. The lowest BCUT2D eigenvalue weighted by Gasteiger charge is -2.11. The number of halogens is 1. The third-order valence-corrected chi connectivity index (χ3v) is 5.85. The Balaban J connectivity index is 1.61. The van der Waals surface area contributed by atoms with Crippen molar-refractivity contribution >= 4 is 51.2 Å². The third kappa shape index (κ3) is 4.66. The Bertz CT molecular complexity index is 1460. The minimum Gasteiger partial charge on any atom is -0.479 e. The summed E-state index contributed by atoms with van der Waals surface area (Å²) in [6.45, 7) is 0.279. The number of carbonyl (C=O) groups excluding carboxylic acids is 1. The van der Waals surface area contributed by atoms with Gasteiger partial charge in [0.2, 0.25) is 11.8 Å². The van der Waals surface area contributed by atoms with E-state index in [1.165, 1.54) is 24.6 Å². The maximum absolute atomic E-state index is 12.9. The molecule has 11 nitrogen and oxygen atoms in total. The summed E-state index contributed by atoms with van der Waals surface area (Å²) in [6, 6.07) is 7.99. The summed E-state index contributed by atoms with van der Waals surface area (Å²) in [5.41, 5.74) is -0.0274. The van der Waals surface area contributed by atoms with Crippen molar-refractivity contribution in [3.8, 4) is 11.8 Å². The number of nitrogens with one attached hydrogen (secondary N) is 4. The van der Waals surface area contributed by atoms with Gasteiger partial charge in [0.05, 0.1) is 35.1 Å². The van der Waals surface area contributed by atoms with Gasteiger partial charge in [-0.25, -0.2) is 14.6 Å². The number of aromatic amines is 1. The van der Waals surface area contributed by atoms with Crippen molar-refractivity contribution in [3.05, 3.63) is 66.6 Å². The molecule has 0 fully saturated rings. The van der Waals surface area contributed by atoms with Crippen LogP contribution in [0.3, 0.4) is 0 Å². The van der Waals surface area contributed by atoms with Crippen molar-refractivity contribution in [3.63, 3.8) is 0 Å². The van der Waals surface area contributed by atoms with Gasteiger partial charge in [-0.05, 0) is 30.3 Å². The normalized spacial score (nSPS) is 10.8. The lowest BCUT2D eigenvalue weighted by Crippen LogP contribution is -2.35. The van der Waals surface area contributed by atoms with E-state index in [0.717, 1.165) is 15.1 Å². The van der Waals surface area contributed by atoms with Gasteiger partial charge >= 0.3 is 11.7 Å². The number of fused-ring (bicyclic) bond motifs is 1. The van der Waals surface area contributed by atoms with Crippen LogP contribution in [-0.4, -0.2) is 39.7 Å². The molecular weight excluding hydrogens is 470 g/mol. The minimum absolute atomic E-state index is 0.0220. The number of nitrogens with zero attached hydrogens (tertiary/aromatic N) is 3. The average molecular weight is 488 g/mol. The Hall–Kier alpha value is -3.90. The van der Waals surface area contributed by atoms with Crippen LogP contribution in [0.15, 0.2) is 46.1 Å². The number of amides is 2. The Labute approximate surface area is 195 Å². The number of ether oxygens (including phenoxy) is 1. The van der Waals surface area contributed by atoms with Crippen LogP contribution in [0.2, 0.25) is 4.34 Å². The standard InChI is InChI=1S/C20H18ClN7O4S/c1-22-10-3-5-12-13(7-10)26-20(31)28(17(12)29)18-23-9-14(16(27-18)32-2)25-19(30)24-8-11-4-6-15(21)33-11/h3-7,9,22H,8H2,1-2H3,(H,26,31)(H2,24,25,30). The first-order valence-corrected chi connectivity index (χ1v) is 10.8. The van der Waals surface area contributed by atoms with Gasteiger partial charge < -0.3 is 25.7 Å². The van der Waals surface area contributed by atoms with E-state index in [9.17, 15) is 14.4 Å². The molecule has 170 valence electrons. The first kappa shape index (κ1) is 22.3. The maximum atomic E-state index is 12.9. The van der Waals surface area contributed by atoms with Crippen LogP contribution in [0.4, 0.5) is 16.2 Å². The van der Waals surface area contributed by atoms with E-state index in [0.29, 0.717) is 9.85 Å². The molecule has 4 N–H and O–H groups in total. The average Bonchev–Trinajstić information content (AvgIpc) is 3.23. The fraction of sp³-hybridized carbons (Fsp3) is 0.150. The molecule has 0 unspecified atom stereocenters. The zero-order valence-electron chi connectivity index (χ0n) is 17.4. The molecule has 4 rings (SSSR count). The quantitative estimate of drug-likeness (QED) is 0.327. The Morgan fingerprint density at radius 1 is 1.27 bits per heavy atom. The van der Waals surface area contributed by atoms with Crippen molar-refractivity contribution in [2.45, 2.75) is 6.54 Å². The SMILES string of the molecule is CNc1ccc2c(=O)n(-c3ncc(NC(=O)NCc4ccc(Cl)s4)c(OC)n3)c(=O)[nH]c2c1. The van der Waals surface area contributed by atoms with Gasteiger partial charge in [-0.3, -0.25) is 4.79 Å². The van der Waals surface area contributed by atoms with Gasteiger partial charge in [-0.1, -0.05) is 11.6 Å². The number of hydrogen-bond acceptors (Lipinski definition) is 8. The Morgan fingerprint density at radius 3 is 2.79 bits per heavy atom. The monoisotopic (exact) mass is 487 g/mol. The zero-order valence-corrected chi connectivity index (χ0v) is 19.0. The van der Waals surface area contributed by atoms with Crippen LogP contribution in [0.25, 0.3) is 16.9 Å². The number of benzene rings is 1. The summed E-state index contributed by atoms with van der Waals surface area (Å²) in [7, 11) is 3.07. The second-order valence-electron chi connectivity index (χ2n) is 6.69. The van der Waals surface area contributed by atoms with Gasteiger partial charge in [0.25, 0.3) is 5.56 Å². The van der Waals surface area contributed by atoms with E-state index < -0.39 is 17.3 Å². The molecule has 4 aromatic rings. The molecule has 0 radical (unpaired) electrons. The molecule has 1 aromatic carbocycles. The van der Waals surface area contributed by atoms with E-state index in [4.69, 9.17) is 16.3 Å². The first-order valence-electron chi connectivity index (χ1n) is 9.57. The summed E-state index contributed by atoms with van der Waals surface area (Å²) in [4.78, 5) is 49.6. The molecule has 3 aromatic heterocycles. The maximum Gasteiger partial charge on any atom is 0.335 e. The van der Waals surface area contributed by atoms with Crippen LogP contribution in [0.5, 0.6) is 5.88 Å². The van der Waals surface area contributed by atoms with Crippen LogP contribution in [0, 0.1) is 0 Å². The van der Waals surface area contributed by atoms with E-state index in [1.54, 1.807) is 31.3 Å². The topological polar surface area (TPSA) is 143 Å². The minimum atomic E-state index is -0.712. The molecule has 3 heterocycles. The lowest BCUT2D eigenvalue weighted by atomic mass is 10.2. The zero-order chi connectivity index (χ0) is 23.5. The summed E-state index contributed by atoms with van der Waals surface area (Å²) in [5, 5.41) is 8.49. The molecule has 0 aliphatic carbocycles. The number of carbonyl (C=O) groups is 1. The molecule has 0 atom stereocenters. The van der Waals surface area contributed by atoms with Gasteiger partial charge in [-0.15, -0.1) is 11.3 Å². The molecule has 0 aliphatic heterocycles. The highest BCUT2D eigenvalue weighted by molar-refractivity contribution is 7.16. The smallest absolute Gasteiger partial charge is 0.335 e. The number of hydrogen-bond donors (Lipinski definition) is 4. The van der Waals surface area contributed by atoms with Gasteiger partial charge in [0.15, 0.2) is 0 Å². The summed E-state index contributed by atoms with van der Waals surface area (Å²) >= 11 is 7.24. The molecule has 0 bridgehead atoms. The number of methoxy groups -OCH3 is 1. The van der Waals surface area contributed by atoms with E-state index in [-0.39, 0.29) is 29.4 Å². The highest BCUT2D eigenvalue weighted by Crippen LogP contribution is 2.22. The van der Waals surface area contributed by atoms with Crippen LogP contribution in [0.1, 0.15) is 4.88 Å². The first-order chi connectivity index (χ1) is 15.9. The van der Waals surface area contributed by atoms with E-state index >= 15 is 0 Å². The molecular formula is C20H18ClN7O4S. The molecule has 13 heteroatoms. The second kappa shape index (κ2) is 9.30. The fourth-order valence-electron chi connectivity index (χ4n) is 3.04. The number of anilines is 2. The van der Waals surface area contributed by atoms with Crippen molar-refractivity contribution in [1.29, 1.82) is 0 Å². The summed E-state index contributed by atoms with van der Waals surface area (Å²) in [6.07, 6.45) is 1.25. The van der Waals surface area contributed by atoms with Crippen molar-refractivity contribution in [2.75, 3.05) is 24.8 Å². The molecule has 2 amide bonds. The van der Waals surface area contributed by atoms with E-state index in [1.807, 2.05) is 6.07 Å². The van der Waals surface area contributed by atoms with E-state index in [2.05, 4.69) is 30.9 Å². The third-order valence-electron chi connectivity index (χ3n) is 4.62. The molecule has 33 heavy (non-hydrogen) atoms. The molecule has 0 saturated carbocycles. The fourth-order valence-corrected chi connectivity index (χ4v) is 4.07. The number of rotatable bonds is 6. The summed E-state index contributed by atoms with van der Waals surface area (Å²) < 4.78 is 6.65. The highest BCUT2D eigenvalue weighted by atomic mass is 35.5. The van der Waals surface area contributed by atoms with Gasteiger partial charge in [0, 0.05) is 17.6 Å². The predicted octanol–water partition coefficient (Wildman–Crippen LogP) is 2.56. The lowest BCUT2D eigenvalue weighted by molar-refractivity contribution is 0.251. The van der Waals surface area contributed by atoms with Crippen molar-refractivity contribution < 1.29 is 9.53 Å². The molecule has 0 saturated heterocycles. The number of urea groups is 1. The van der Waals surface area contributed by atoms with Crippen molar-refractivity contribution in [1.82, 2.24) is 24.8 Å².